The van der Waals surface area contributed by atoms with Gasteiger partial charge in [0.15, 0.2) is 0 Å². The van der Waals surface area contributed by atoms with E-state index in [1.165, 1.54) is 0 Å². The predicted molar refractivity (Wildman–Crippen MR) is 88.6 cm³/mol. The maximum absolute atomic E-state index is 12.0. The number of sulfonamides is 1. The Morgan fingerprint density at radius 2 is 1.96 bits per heavy atom. The summed E-state index contributed by atoms with van der Waals surface area (Å²) in [5, 5.41) is 2.85. The summed E-state index contributed by atoms with van der Waals surface area (Å²) < 4.78 is 29.6. The minimum Gasteiger partial charge on any atom is -0.379 e. The van der Waals surface area contributed by atoms with Gasteiger partial charge in [-0.05, 0) is 11.6 Å². The van der Waals surface area contributed by atoms with Gasteiger partial charge in [0.2, 0.25) is 15.9 Å². The van der Waals surface area contributed by atoms with Gasteiger partial charge >= 0.3 is 0 Å². The Bertz CT molecular complexity index is 627. The summed E-state index contributed by atoms with van der Waals surface area (Å²) in [7, 11) is -3.27. The van der Waals surface area contributed by atoms with Gasteiger partial charge in [0.1, 0.15) is 0 Å². The number of carbonyl (C=O) groups is 1. The van der Waals surface area contributed by atoms with E-state index in [2.05, 4.69) is 14.9 Å². The highest BCUT2D eigenvalue weighted by Crippen LogP contribution is 2.18. The van der Waals surface area contributed by atoms with Crippen molar-refractivity contribution in [2.45, 2.75) is 13.0 Å². The molecule has 0 spiro atoms. The maximum Gasteiger partial charge on any atom is 0.225 e. The van der Waals surface area contributed by atoms with Crippen LogP contribution in [0.2, 0.25) is 0 Å². The molecule has 1 saturated heterocycles. The average molecular weight is 341 g/mol. The minimum absolute atomic E-state index is 0.0935. The lowest BCUT2D eigenvalue weighted by Crippen LogP contribution is -2.35. The van der Waals surface area contributed by atoms with Gasteiger partial charge in [0.25, 0.3) is 0 Å². The lowest BCUT2D eigenvalue weighted by Gasteiger charge is -2.27. The maximum atomic E-state index is 12.0. The van der Waals surface area contributed by atoms with Crippen LogP contribution in [-0.2, 0) is 26.1 Å². The van der Waals surface area contributed by atoms with Gasteiger partial charge < -0.3 is 10.1 Å². The molecule has 1 aromatic carbocycles. The number of carbonyl (C=O) groups excluding carboxylic acids is 1. The van der Waals surface area contributed by atoms with E-state index in [4.69, 9.17) is 4.74 Å². The van der Waals surface area contributed by atoms with Crippen LogP contribution < -0.4 is 10.0 Å². The van der Waals surface area contributed by atoms with Crippen molar-refractivity contribution < 1.29 is 17.9 Å². The van der Waals surface area contributed by atoms with E-state index < -0.39 is 10.0 Å². The van der Waals surface area contributed by atoms with Gasteiger partial charge in [-0.2, -0.15) is 0 Å². The van der Waals surface area contributed by atoms with E-state index in [1.54, 1.807) is 0 Å². The molecule has 0 saturated carbocycles. The SMILES string of the molecule is CS(=O)(=O)NCCC(=O)Nc1ccccc1CN1CCOCC1. The summed E-state index contributed by atoms with van der Waals surface area (Å²) in [6.07, 6.45) is 1.17. The van der Waals surface area contributed by atoms with Crippen molar-refractivity contribution in [2.24, 2.45) is 0 Å². The van der Waals surface area contributed by atoms with E-state index in [1.807, 2.05) is 24.3 Å². The molecule has 128 valence electrons. The Morgan fingerprint density at radius 1 is 1.26 bits per heavy atom. The quantitative estimate of drug-likeness (QED) is 0.749. The fourth-order valence-corrected chi connectivity index (χ4v) is 2.82. The number of amides is 1. The van der Waals surface area contributed by atoms with E-state index in [-0.39, 0.29) is 18.9 Å². The average Bonchev–Trinajstić information content (AvgIpc) is 2.49. The number of para-hydroxylation sites is 1. The molecule has 0 aromatic heterocycles. The predicted octanol–water partition coefficient (Wildman–Crippen LogP) is 0.397. The number of hydrogen-bond acceptors (Lipinski definition) is 5. The first-order valence-corrected chi connectivity index (χ1v) is 9.46. The third-order valence-electron chi connectivity index (χ3n) is 3.51. The van der Waals surface area contributed by atoms with Crippen molar-refractivity contribution in [3.8, 4) is 0 Å². The first kappa shape index (κ1) is 17.9. The van der Waals surface area contributed by atoms with Crippen molar-refractivity contribution in [3.63, 3.8) is 0 Å². The molecule has 1 aliphatic heterocycles. The molecule has 23 heavy (non-hydrogen) atoms. The molecule has 2 rings (SSSR count). The zero-order valence-corrected chi connectivity index (χ0v) is 14.1. The lowest BCUT2D eigenvalue weighted by molar-refractivity contribution is -0.116. The van der Waals surface area contributed by atoms with Crippen LogP contribution in [0.5, 0.6) is 0 Å². The monoisotopic (exact) mass is 341 g/mol. The van der Waals surface area contributed by atoms with Gasteiger partial charge in [-0.1, -0.05) is 18.2 Å². The number of morpholine rings is 1. The van der Waals surface area contributed by atoms with Crippen LogP contribution in [0.25, 0.3) is 0 Å². The van der Waals surface area contributed by atoms with Crippen molar-refractivity contribution in [1.82, 2.24) is 9.62 Å². The van der Waals surface area contributed by atoms with Crippen molar-refractivity contribution in [1.29, 1.82) is 0 Å². The molecule has 0 bridgehead atoms. The third kappa shape index (κ3) is 6.66. The van der Waals surface area contributed by atoms with Crippen molar-refractivity contribution in [2.75, 3.05) is 44.4 Å². The standard InChI is InChI=1S/C15H23N3O4S/c1-23(20,21)16-7-6-15(19)17-14-5-3-2-4-13(14)12-18-8-10-22-11-9-18/h2-5,16H,6-12H2,1H3,(H,17,19). The molecule has 0 unspecified atom stereocenters. The van der Waals surface area contributed by atoms with Crippen LogP contribution in [-0.4, -0.2) is 58.3 Å². The Hall–Kier alpha value is -1.48. The smallest absolute Gasteiger partial charge is 0.225 e. The highest BCUT2D eigenvalue weighted by atomic mass is 32.2. The van der Waals surface area contributed by atoms with Crippen molar-refractivity contribution >= 4 is 21.6 Å². The van der Waals surface area contributed by atoms with E-state index in [9.17, 15) is 13.2 Å². The van der Waals surface area contributed by atoms with E-state index in [0.717, 1.165) is 50.4 Å². The van der Waals surface area contributed by atoms with E-state index >= 15 is 0 Å². The van der Waals surface area contributed by atoms with Gasteiger partial charge in [-0.25, -0.2) is 13.1 Å². The number of rotatable bonds is 7. The summed E-state index contributed by atoms with van der Waals surface area (Å²) in [4.78, 5) is 14.2. The Kier molecular flexibility index (Phi) is 6.52. The van der Waals surface area contributed by atoms with Gasteiger partial charge in [-0.15, -0.1) is 0 Å². The molecular weight excluding hydrogens is 318 g/mol. The minimum atomic E-state index is -3.27. The van der Waals surface area contributed by atoms with Crippen molar-refractivity contribution in [3.05, 3.63) is 29.8 Å². The summed E-state index contributed by atoms with van der Waals surface area (Å²) in [5.41, 5.74) is 1.81. The molecule has 1 amide bonds. The molecule has 0 radical (unpaired) electrons. The molecule has 1 fully saturated rings. The second-order valence-electron chi connectivity index (χ2n) is 5.51. The van der Waals surface area contributed by atoms with Gasteiger partial charge in [0, 0.05) is 38.3 Å². The van der Waals surface area contributed by atoms with Crippen LogP contribution in [0.4, 0.5) is 5.69 Å². The Labute approximate surface area is 137 Å². The number of hydrogen-bond donors (Lipinski definition) is 2. The summed E-state index contributed by atoms with van der Waals surface area (Å²) >= 11 is 0. The normalized spacial score (nSPS) is 16.2. The fourth-order valence-electron chi connectivity index (χ4n) is 2.34. The highest BCUT2D eigenvalue weighted by molar-refractivity contribution is 7.88. The first-order valence-electron chi connectivity index (χ1n) is 7.56. The second-order valence-corrected chi connectivity index (χ2v) is 7.34. The molecule has 1 heterocycles. The van der Waals surface area contributed by atoms with Crippen LogP contribution >= 0.6 is 0 Å². The van der Waals surface area contributed by atoms with Crippen LogP contribution in [0.3, 0.4) is 0 Å². The number of nitrogens with zero attached hydrogens (tertiary/aromatic N) is 1. The van der Waals surface area contributed by atoms with Crippen LogP contribution in [0.15, 0.2) is 24.3 Å². The zero-order valence-electron chi connectivity index (χ0n) is 13.2. The molecule has 2 N–H and O–H groups in total. The number of nitrogens with one attached hydrogen (secondary N) is 2. The topological polar surface area (TPSA) is 87.7 Å². The van der Waals surface area contributed by atoms with Gasteiger partial charge in [0.05, 0.1) is 19.5 Å². The lowest BCUT2D eigenvalue weighted by atomic mass is 10.1. The summed E-state index contributed by atoms with van der Waals surface area (Å²) in [5.74, 6) is -0.212. The van der Waals surface area contributed by atoms with Gasteiger partial charge in [-0.3, -0.25) is 9.69 Å². The fraction of sp³-hybridized carbons (Fsp3) is 0.533. The van der Waals surface area contributed by atoms with E-state index in [0.29, 0.717) is 0 Å². The molecule has 1 aromatic rings. The second kappa shape index (κ2) is 8.39. The summed E-state index contributed by atoms with van der Waals surface area (Å²) in [6.45, 7) is 4.05. The number of benzene rings is 1. The summed E-state index contributed by atoms with van der Waals surface area (Å²) in [6, 6.07) is 7.65. The Morgan fingerprint density at radius 3 is 2.65 bits per heavy atom. The zero-order chi connectivity index (χ0) is 16.7. The number of anilines is 1. The molecule has 0 aliphatic carbocycles. The largest absolute Gasteiger partial charge is 0.379 e. The molecule has 0 atom stereocenters. The van der Waals surface area contributed by atoms with Crippen LogP contribution in [0, 0.1) is 0 Å². The highest BCUT2D eigenvalue weighted by Gasteiger charge is 2.13. The number of ether oxygens (including phenoxy) is 1. The van der Waals surface area contributed by atoms with Crippen LogP contribution in [0.1, 0.15) is 12.0 Å². The third-order valence-corrected chi connectivity index (χ3v) is 4.23. The molecule has 1 aliphatic rings. The molecular formula is C15H23N3O4S. The molecule has 7 nitrogen and oxygen atoms in total. The first-order chi connectivity index (χ1) is 10.9. The Balaban J connectivity index is 1.90. The molecule has 8 heteroatoms.